The topological polar surface area (TPSA) is 43.6 Å². The number of rotatable bonds is 2. The molecule has 2 aromatic heterocycles. The van der Waals surface area contributed by atoms with E-state index in [9.17, 15) is 0 Å². The van der Waals surface area contributed by atoms with Gasteiger partial charge < -0.3 is 4.57 Å². The zero-order valence-electron chi connectivity index (χ0n) is 8.59. The Hall–Kier alpha value is -1.71. The van der Waals surface area contributed by atoms with Crippen molar-refractivity contribution in [3.05, 3.63) is 30.4 Å². The first kappa shape index (κ1) is 8.59. The summed E-state index contributed by atoms with van der Waals surface area (Å²) in [5.41, 5.74) is 2.21. The van der Waals surface area contributed by atoms with Gasteiger partial charge in [0.25, 0.3) is 0 Å². The molecule has 0 saturated heterocycles. The predicted octanol–water partition coefficient (Wildman–Crippen LogP) is 1.98. The third-order valence-corrected chi connectivity index (χ3v) is 2.65. The summed E-state index contributed by atoms with van der Waals surface area (Å²) in [7, 11) is 0. The monoisotopic (exact) mass is 200 g/mol. The van der Waals surface area contributed by atoms with E-state index in [0.29, 0.717) is 6.04 Å². The standard InChI is InChI=1S/C11H12N4/c1-8-4-9(6-12-5-8)11-14-13-7-15(11)10-2-3-10/h4-7,10H,2-3H2,1H3. The van der Waals surface area contributed by atoms with Gasteiger partial charge in [0.15, 0.2) is 5.82 Å². The second-order valence-electron chi connectivity index (χ2n) is 4.04. The summed E-state index contributed by atoms with van der Waals surface area (Å²) in [6.07, 6.45) is 7.99. The van der Waals surface area contributed by atoms with Gasteiger partial charge in [-0.1, -0.05) is 0 Å². The average Bonchev–Trinajstić information content (AvgIpc) is 2.96. The van der Waals surface area contributed by atoms with Gasteiger partial charge in [0.1, 0.15) is 6.33 Å². The summed E-state index contributed by atoms with van der Waals surface area (Å²) in [6, 6.07) is 2.70. The Morgan fingerprint density at radius 2 is 2.20 bits per heavy atom. The summed E-state index contributed by atoms with van der Waals surface area (Å²) in [4.78, 5) is 4.18. The molecule has 0 bridgehead atoms. The minimum absolute atomic E-state index is 0.607. The molecular formula is C11H12N4. The SMILES string of the molecule is Cc1cncc(-c2nncn2C2CC2)c1. The van der Waals surface area contributed by atoms with Gasteiger partial charge >= 0.3 is 0 Å². The molecule has 0 radical (unpaired) electrons. The van der Waals surface area contributed by atoms with Crippen molar-refractivity contribution in [1.29, 1.82) is 0 Å². The van der Waals surface area contributed by atoms with E-state index in [1.54, 1.807) is 0 Å². The summed E-state index contributed by atoms with van der Waals surface area (Å²) in [5.74, 6) is 0.939. The molecule has 1 fully saturated rings. The first-order chi connectivity index (χ1) is 7.34. The molecule has 4 nitrogen and oxygen atoms in total. The first-order valence-electron chi connectivity index (χ1n) is 5.16. The van der Waals surface area contributed by atoms with E-state index in [1.165, 1.54) is 12.8 Å². The third-order valence-electron chi connectivity index (χ3n) is 2.65. The molecule has 2 aromatic rings. The Morgan fingerprint density at radius 1 is 1.33 bits per heavy atom. The second kappa shape index (κ2) is 3.15. The lowest BCUT2D eigenvalue weighted by molar-refractivity contribution is 0.745. The molecule has 0 spiro atoms. The Bertz CT molecular complexity index is 485. The number of aryl methyl sites for hydroxylation is 1. The molecule has 0 N–H and O–H groups in total. The lowest BCUT2D eigenvalue weighted by Gasteiger charge is -2.04. The van der Waals surface area contributed by atoms with E-state index in [0.717, 1.165) is 17.0 Å². The van der Waals surface area contributed by atoms with Gasteiger partial charge in [-0.25, -0.2) is 0 Å². The van der Waals surface area contributed by atoms with Gasteiger partial charge in [0.2, 0.25) is 0 Å². The molecule has 0 aromatic carbocycles. The predicted molar refractivity (Wildman–Crippen MR) is 56.3 cm³/mol. The highest BCUT2D eigenvalue weighted by Crippen LogP contribution is 2.37. The van der Waals surface area contributed by atoms with Gasteiger partial charge in [0, 0.05) is 24.0 Å². The fraction of sp³-hybridized carbons (Fsp3) is 0.364. The van der Waals surface area contributed by atoms with E-state index in [4.69, 9.17) is 0 Å². The van der Waals surface area contributed by atoms with E-state index < -0.39 is 0 Å². The Labute approximate surface area is 88.0 Å². The number of hydrogen-bond donors (Lipinski definition) is 0. The van der Waals surface area contributed by atoms with Crippen LogP contribution in [0, 0.1) is 6.92 Å². The smallest absolute Gasteiger partial charge is 0.165 e. The van der Waals surface area contributed by atoms with Crippen LogP contribution in [0.4, 0.5) is 0 Å². The Kier molecular flexibility index (Phi) is 1.80. The van der Waals surface area contributed by atoms with Crippen molar-refractivity contribution < 1.29 is 0 Å². The van der Waals surface area contributed by atoms with Gasteiger partial charge in [-0.3, -0.25) is 4.98 Å². The molecule has 4 heteroatoms. The minimum Gasteiger partial charge on any atom is -0.310 e. The van der Waals surface area contributed by atoms with Gasteiger partial charge in [-0.15, -0.1) is 10.2 Å². The number of pyridine rings is 1. The molecule has 0 unspecified atom stereocenters. The van der Waals surface area contributed by atoms with Crippen LogP contribution >= 0.6 is 0 Å². The summed E-state index contributed by atoms with van der Waals surface area (Å²) in [6.45, 7) is 2.04. The minimum atomic E-state index is 0.607. The van der Waals surface area contributed by atoms with E-state index in [2.05, 4.69) is 25.8 Å². The maximum atomic E-state index is 4.18. The lowest BCUT2D eigenvalue weighted by Crippen LogP contribution is -1.96. The molecule has 0 aliphatic heterocycles. The lowest BCUT2D eigenvalue weighted by atomic mass is 10.2. The van der Waals surface area contributed by atoms with Crippen molar-refractivity contribution >= 4 is 0 Å². The highest BCUT2D eigenvalue weighted by molar-refractivity contribution is 5.54. The first-order valence-corrected chi connectivity index (χ1v) is 5.16. The normalized spacial score (nSPS) is 15.5. The second-order valence-corrected chi connectivity index (χ2v) is 4.04. The van der Waals surface area contributed by atoms with Crippen molar-refractivity contribution in [1.82, 2.24) is 19.7 Å². The van der Waals surface area contributed by atoms with Crippen molar-refractivity contribution in [3.8, 4) is 11.4 Å². The van der Waals surface area contributed by atoms with Crippen LogP contribution in [0.5, 0.6) is 0 Å². The third kappa shape index (κ3) is 1.52. The Morgan fingerprint density at radius 3 is 2.93 bits per heavy atom. The fourth-order valence-corrected chi connectivity index (χ4v) is 1.75. The van der Waals surface area contributed by atoms with Crippen LogP contribution in [0.3, 0.4) is 0 Å². The number of nitrogens with zero attached hydrogens (tertiary/aromatic N) is 4. The molecule has 1 aliphatic rings. The summed E-state index contributed by atoms with van der Waals surface area (Å²) in [5, 5.41) is 8.14. The number of hydrogen-bond acceptors (Lipinski definition) is 3. The maximum absolute atomic E-state index is 4.18. The van der Waals surface area contributed by atoms with Crippen LogP contribution in [-0.2, 0) is 0 Å². The summed E-state index contributed by atoms with van der Waals surface area (Å²) >= 11 is 0. The summed E-state index contributed by atoms with van der Waals surface area (Å²) < 4.78 is 2.15. The van der Waals surface area contributed by atoms with E-state index >= 15 is 0 Å². The van der Waals surface area contributed by atoms with Crippen molar-refractivity contribution in [2.75, 3.05) is 0 Å². The van der Waals surface area contributed by atoms with Crippen molar-refractivity contribution in [2.45, 2.75) is 25.8 Å². The molecule has 2 heterocycles. The highest BCUT2D eigenvalue weighted by atomic mass is 15.3. The van der Waals surface area contributed by atoms with Crippen LogP contribution < -0.4 is 0 Å². The van der Waals surface area contributed by atoms with E-state index in [-0.39, 0.29) is 0 Å². The van der Waals surface area contributed by atoms with Crippen molar-refractivity contribution in [3.63, 3.8) is 0 Å². The molecule has 3 rings (SSSR count). The largest absolute Gasteiger partial charge is 0.310 e. The Balaban J connectivity index is 2.07. The molecule has 76 valence electrons. The van der Waals surface area contributed by atoms with Crippen LogP contribution in [0.15, 0.2) is 24.8 Å². The average molecular weight is 200 g/mol. The van der Waals surface area contributed by atoms with E-state index in [1.807, 2.05) is 25.6 Å². The molecule has 1 aliphatic carbocycles. The van der Waals surface area contributed by atoms with Crippen LogP contribution in [0.1, 0.15) is 24.4 Å². The maximum Gasteiger partial charge on any atom is 0.165 e. The zero-order valence-corrected chi connectivity index (χ0v) is 8.59. The van der Waals surface area contributed by atoms with Gasteiger partial charge in [-0.05, 0) is 31.4 Å². The van der Waals surface area contributed by atoms with Gasteiger partial charge in [0.05, 0.1) is 0 Å². The van der Waals surface area contributed by atoms with Crippen LogP contribution in [0.2, 0.25) is 0 Å². The molecule has 0 amide bonds. The molecular weight excluding hydrogens is 188 g/mol. The van der Waals surface area contributed by atoms with Gasteiger partial charge in [-0.2, -0.15) is 0 Å². The van der Waals surface area contributed by atoms with Crippen LogP contribution in [-0.4, -0.2) is 19.7 Å². The fourth-order valence-electron chi connectivity index (χ4n) is 1.75. The highest BCUT2D eigenvalue weighted by Gasteiger charge is 2.26. The van der Waals surface area contributed by atoms with Crippen molar-refractivity contribution in [2.24, 2.45) is 0 Å². The van der Waals surface area contributed by atoms with Crippen LogP contribution in [0.25, 0.3) is 11.4 Å². The number of aromatic nitrogens is 4. The zero-order chi connectivity index (χ0) is 10.3. The molecule has 15 heavy (non-hydrogen) atoms. The molecule has 1 saturated carbocycles. The quantitative estimate of drug-likeness (QED) is 0.744. The molecule has 0 atom stereocenters.